The highest BCUT2D eigenvalue weighted by molar-refractivity contribution is 6.06. The predicted molar refractivity (Wildman–Crippen MR) is 77.6 cm³/mol. The van der Waals surface area contributed by atoms with Gasteiger partial charge in [0.2, 0.25) is 0 Å². The van der Waals surface area contributed by atoms with Crippen LogP contribution in [0.5, 0.6) is 0 Å². The van der Waals surface area contributed by atoms with E-state index < -0.39 is 0 Å². The monoisotopic (exact) mass is 234 g/mol. The molecule has 0 atom stereocenters. The maximum Gasteiger partial charge on any atom is 0.0615 e. The van der Waals surface area contributed by atoms with Crippen molar-refractivity contribution in [3.05, 3.63) is 66.2 Å². The van der Waals surface area contributed by atoms with E-state index in [2.05, 4.69) is 42.5 Å². The van der Waals surface area contributed by atoms with E-state index in [0.717, 1.165) is 0 Å². The molecule has 0 bridgehead atoms. The lowest BCUT2D eigenvalue weighted by molar-refractivity contribution is 0.343. The molecule has 1 heteroatoms. The Labute approximate surface area is 106 Å². The van der Waals surface area contributed by atoms with E-state index in [0.29, 0.717) is 0 Å². The molecule has 0 spiro atoms. The standard InChI is InChI=1S/C17H14O/c18-11-5-10-17-15-8-3-1-6-13(15)12-14-7-2-4-9-16(14)17/h1-10,12,18H,11H2. The largest absolute Gasteiger partial charge is 0.392 e. The summed E-state index contributed by atoms with van der Waals surface area (Å²) in [5, 5.41) is 13.9. The molecule has 0 saturated heterocycles. The van der Waals surface area contributed by atoms with E-state index in [1.54, 1.807) is 6.08 Å². The van der Waals surface area contributed by atoms with Gasteiger partial charge in [0.25, 0.3) is 0 Å². The van der Waals surface area contributed by atoms with Crippen molar-refractivity contribution in [3.63, 3.8) is 0 Å². The molecule has 1 nitrogen and oxygen atoms in total. The van der Waals surface area contributed by atoms with E-state index in [-0.39, 0.29) is 6.61 Å². The number of hydrogen-bond donors (Lipinski definition) is 1. The SMILES string of the molecule is OCC=Cc1c2ccccc2cc2ccccc12. The highest BCUT2D eigenvalue weighted by Gasteiger charge is 2.03. The molecule has 0 radical (unpaired) electrons. The molecule has 3 aromatic rings. The van der Waals surface area contributed by atoms with Gasteiger partial charge in [-0.15, -0.1) is 0 Å². The van der Waals surface area contributed by atoms with Crippen LogP contribution in [0.1, 0.15) is 5.56 Å². The van der Waals surface area contributed by atoms with Crippen LogP contribution in [0.4, 0.5) is 0 Å². The third-order valence-electron chi connectivity index (χ3n) is 3.20. The van der Waals surface area contributed by atoms with Gasteiger partial charge in [-0.2, -0.15) is 0 Å². The molecule has 18 heavy (non-hydrogen) atoms. The molecule has 0 aromatic heterocycles. The molecule has 0 amide bonds. The second-order valence-electron chi connectivity index (χ2n) is 4.32. The van der Waals surface area contributed by atoms with Crippen LogP contribution >= 0.6 is 0 Å². The van der Waals surface area contributed by atoms with Crippen molar-refractivity contribution in [1.82, 2.24) is 0 Å². The summed E-state index contributed by atoms with van der Waals surface area (Å²) in [6.07, 6.45) is 3.79. The maximum atomic E-state index is 8.98. The van der Waals surface area contributed by atoms with Crippen LogP contribution in [0.3, 0.4) is 0 Å². The molecule has 0 heterocycles. The lowest BCUT2D eigenvalue weighted by Gasteiger charge is -2.08. The topological polar surface area (TPSA) is 20.2 Å². The summed E-state index contributed by atoms with van der Waals surface area (Å²) >= 11 is 0. The average molecular weight is 234 g/mol. The van der Waals surface area contributed by atoms with E-state index in [4.69, 9.17) is 5.11 Å². The van der Waals surface area contributed by atoms with Crippen molar-refractivity contribution < 1.29 is 5.11 Å². The summed E-state index contributed by atoms with van der Waals surface area (Å²) in [6.45, 7) is 0.0670. The first-order valence-electron chi connectivity index (χ1n) is 6.08. The van der Waals surface area contributed by atoms with E-state index in [1.165, 1.54) is 27.1 Å². The van der Waals surface area contributed by atoms with Crippen molar-refractivity contribution in [1.29, 1.82) is 0 Å². The van der Waals surface area contributed by atoms with Crippen LogP contribution < -0.4 is 0 Å². The van der Waals surface area contributed by atoms with Crippen molar-refractivity contribution in [2.45, 2.75) is 0 Å². The second kappa shape index (κ2) is 4.63. The van der Waals surface area contributed by atoms with Gasteiger partial charge in [-0.1, -0.05) is 60.7 Å². The summed E-state index contributed by atoms with van der Waals surface area (Å²) in [6, 6.07) is 18.9. The maximum absolute atomic E-state index is 8.98. The summed E-state index contributed by atoms with van der Waals surface area (Å²) in [7, 11) is 0. The molecular formula is C17H14O. The predicted octanol–water partition coefficient (Wildman–Crippen LogP) is 4.00. The molecule has 0 aliphatic carbocycles. The van der Waals surface area contributed by atoms with Crippen LogP contribution in [0, 0.1) is 0 Å². The minimum Gasteiger partial charge on any atom is -0.392 e. The van der Waals surface area contributed by atoms with Crippen molar-refractivity contribution in [2.24, 2.45) is 0 Å². The van der Waals surface area contributed by atoms with Crippen molar-refractivity contribution in [2.75, 3.05) is 6.61 Å². The summed E-state index contributed by atoms with van der Waals surface area (Å²) < 4.78 is 0. The van der Waals surface area contributed by atoms with E-state index in [9.17, 15) is 0 Å². The van der Waals surface area contributed by atoms with Crippen LogP contribution in [0.25, 0.3) is 27.6 Å². The van der Waals surface area contributed by atoms with Gasteiger partial charge >= 0.3 is 0 Å². The van der Waals surface area contributed by atoms with Crippen molar-refractivity contribution in [3.8, 4) is 0 Å². The third-order valence-corrected chi connectivity index (χ3v) is 3.20. The zero-order chi connectivity index (χ0) is 12.4. The second-order valence-corrected chi connectivity index (χ2v) is 4.32. The zero-order valence-electron chi connectivity index (χ0n) is 10.0. The van der Waals surface area contributed by atoms with Crippen LogP contribution in [0.15, 0.2) is 60.7 Å². The fourth-order valence-corrected chi connectivity index (χ4v) is 2.40. The molecular weight excluding hydrogens is 220 g/mol. The fourth-order valence-electron chi connectivity index (χ4n) is 2.40. The number of fused-ring (bicyclic) bond motifs is 2. The van der Waals surface area contributed by atoms with Crippen LogP contribution in [0.2, 0.25) is 0 Å². The van der Waals surface area contributed by atoms with Crippen LogP contribution in [-0.2, 0) is 0 Å². The summed E-state index contributed by atoms with van der Waals surface area (Å²) in [4.78, 5) is 0. The molecule has 1 N–H and O–H groups in total. The molecule has 0 aliphatic rings. The minimum absolute atomic E-state index is 0.0670. The number of hydrogen-bond acceptors (Lipinski definition) is 1. The first-order chi connectivity index (χ1) is 8.90. The first-order valence-corrected chi connectivity index (χ1v) is 6.08. The highest BCUT2D eigenvalue weighted by Crippen LogP contribution is 2.29. The molecule has 0 fully saturated rings. The lowest BCUT2D eigenvalue weighted by atomic mass is 9.96. The molecule has 88 valence electrons. The Morgan fingerprint density at radius 2 is 1.39 bits per heavy atom. The van der Waals surface area contributed by atoms with E-state index >= 15 is 0 Å². The summed E-state index contributed by atoms with van der Waals surface area (Å²) in [5.41, 5.74) is 1.18. The van der Waals surface area contributed by atoms with Gasteiger partial charge in [-0.05, 0) is 33.2 Å². The van der Waals surface area contributed by atoms with Crippen molar-refractivity contribution >= 4 is 27.6 Å². The first kappa shape index (κ1) is 11.0. The summed E-state index contributed by atoms with van der Waals surface area (Å²) in [5.74, 6) is 0. The van der Waals surface area contributed by atoms with Crippen LogP contribution in [-0.4, -0.2) is 11.7 Å². The number of aliphatic hydroxyl groups excluding tert-OH is 1. The number of rotatable bonds is 2. The van der Waals surface area contributed by atoms with Gasteiger partial charge in [0.15, 0.2) is 0 Å². The quantitative estimate of drug-likeness (QED) is 0.664. The lowest BCUT2D eigenvalue weighted by Crippen LogP contribution is -1.83. The molecule has 0 aliphatic heterocycles. The van der Waals surface area contributed by atoms with Gasteiger partial charge in [0, 0.05) is 0 Å². The normalized spacial score (nSPS) is 11.6. The van der Waals surface area contributed by atoms with Gasteiger partial charge in [0.05, 0.1) is 6.61 Å². The Hall–Kier alpha value is -2.12. The minimum atomic E-state index is 0.0670. The smallest absolute Gasteiger partial charge is 0.0615 e. The Bertz CT molecular complexity index is 672. The van der Waals surface area contributed by atoms with Gasteiger partial charge < -0.3 is 5.11 Å². The number of benzene rings is 3. The van der Waals surface area contributed by atoms with Gasteiger partial charge in [0.1, 0.15) is 0 Å². The molecule has 3 rings (SSSR count). The Morgan fingerprint density at radius 3 is 1.94 bits per heavy atom. The Kier molecular flexibility index (Phi) is 2.83. The van der Waals surface area contributed by atoms with Gasteiger partial charge in [-0.3, -0.25) is 0 Å². The number of aliphatic hydroxyl groups is 1. The molecule has 3 aromatic carbocycles. The Morgan fingerprint density at radius 1 is 0.833 bits per heavy atom. The fraction of sp³-hybridized carbons (Fsp3) is 0.0588. The zero-order valence-corrected chi connectivity index (χ0v) is 10.0. The Balaban J connectivity index is 2.45. The van der Waals surface area contributed by atoms with E-state index in [1.807, 2.05) is 18.2 Å². The van der Waals surface area contributed by atoms with Gasteiger partial charge in [-0.25, -0.2) is 0 Å². The third kappa shape index (κ3) is 1.79. The molecule has 0 saturated carbocycles. The molecule has 0 unspecified atom stereocenters. The average Bonchev–Trinajstić information content (AvgIpc) is 2.43. The highest BCUT2D eigenvalue weighted by atomic mass is 16.2.